The predicted octanol–water partition coefficient (Wildman–Crippen LogP) is 0.753. The Balaban J connectivity index is 0. The van der Waals surface area contributed by atoms with Gasteiger partial charge in [0.15, 0.2) is 0 Å². The predicted molar refractivity (Wildman–Crippen MR) is 23.8 cm³/mol. The zero-order valence-corrected chi connectivity index (χ0v) is 10.5. The zero-order chi connectivity index (χ0) is 4.99. The van der Waals surface area contributed by atoms with Gasteiger partial charge in [0, 0.05) is 0 Å². The number of hydrogen-bond donors (Lipinski definition) is 0. The summed E-state index contributed by atoms with van der Waals surface area (Å²) in [7, 11) is 0. The van der Waals surface area contributed by atoms with Crippen molar-refractivity contribution in [1.82, 2.24) is 0 Å². The third-order valence-corrected chi connectivity index (χ3v) is 0.299. The molecule has 0 amide bonds. The van der Waals surface area contributed by atoms with Crippen LogP contribution >= 0.6 is 0 Å². The van der Waals surface area contributed by atoms with E-state index in [0.717, 1.165) is 0 Å². The SMILES string of the molecule is [CH]C(=C)C[C-]=O.[Rf]. The van der Waals surface area contributed by atoms with Gasteiger partial charge in [-0.3, -0.25) is 6.29 Å². The molecule has 0 aromatic heterocycles. The minimum atomic E-state index is 0. The molecule has 7 heavy (non-hydrogen) atoms. The summed E-state index contributed by atoms with van der Waals surface area (Å²) >= 11 is 0. The van der Waals surface area contributed by atoms with Crippen LogP contribution in [0.1, 0.15) is 6.42 Å². The molecule has 0 aliphatic heterocycles. The van der Waals surface area contributed by atoms with Crippen LogP contribution in [0.5, 0.6) is 0 Å². The van der Waals surface area contributed by atoms with E-state index in [1.54, 1.807) is 6.29 Å². The normalized spacial score (nSPS) is 6.43. The minimum Gasteiger partial charge on any atom is -0.541 e. The van der Waals surface area contributed by atoms with Gasteiger partial charge >= 0.3 is 0 Å². The molecule has 2 radical (unpaired) electrons. The molecule has 0 aliphatic carbocycles. The van der Waals surface area contributed by atoms with E-state index < -0.39 is 0 Å². The average Bonchev–Trinajstić information content (AvgIpc) is 1.35. The third kappa shape index (κ3) is 12.9. The van der Waals surface area contributed by atoms with Crippen LogP contribution in [0.3, 0.4) is 0 Å². The van der Waals surface area contributed by atoms with Crippen molar-refractivity contribution >= 4 is 6.29 Å². The van der Waals surface area contributed by atoms with Gasteiger partial charge in [-0.05, 0) is 6.92 Å². The second-order valence-electron chi connectivity index (χ2n) is 0.979. The van der Waals surface area contributed by atoms with Gasteiger partial charge in [0.2, 0.25) is 0 Å². The molecule has 0 saturated carbocycles. The quantitative estimate of drug-likeness (QED) is 0.674. The summed E-state index contributed by atoms with van der Waals surface area (Å²) in [6.07, 6.45) is 1.75. The first-order valence-electron chi connectivity index (χ1n) is 1.55. The Kier molecular flexibility index (Phi) is 5.70. The molecule has 0 bridgehead atoms. The summed E-state index contributed by atoms with van der Waals surface area (Å²) in [5, 5.41) is 0. The first-order valence-corrected chi connectivity index (χ1v) is 1.55. The second kappa shape index (κ2) is 4.41. The summed E-state index contributed by atoms with van der Waals surface area (Å²) in [6, 6.07) is 0. The molecule has 0 fully saturated rings. The van der Waals surface area contributed by atoms with Crippen molar-refractivity contribution in [3.05, 3.63) is 19.1 Å². The van der Waals surface area contributed by atoms with Crippen molar-refractivity contribution < 1.29 is 4.79 Å². The van der Waals surface area contributed by atoms with E-state index in [2.05, 4.69) is 6.58 Å². The van der Waals surface area contributed by atoms with Crippen LogP contribution < -0.4 is 0 Å². The molecule has 0 N–H and O–H groups in total. The molecule has 2 heteroatoms. The first kappa shape index (κ1) is 9.05. The standard InChI is InChI=1S/C5H5O.Rf/c1-5(2)3-4-6;/h1H,2-3H2;/q-1;. The van der Waals surface area contributed by atoms with E-state index >= 15 is 0 Å². The fraction of sp³-hybridized carbons (Fsp3) is 0.200. The van der Waals surface area contributed by atoms with Crippen molar-refractivity contribution in [1.29, 1.82) is 0 Å². The Morgan fingerprint density at radius 3 is 2.29 bits per heavy atom. The van der Waals surface area contributed by atoms with E-state index in [0.29, 0.717) is 5.57 Å². The molecule has 0 spiro atoms. The van der Waals surface area contributed by atoms with Crippen LogP contribution in [0.4, 0.5) is 0 Å². The Morgan fingerprint density at radius 2 is 2.29 bits per heavy atom. The van der Waals surface area contributed by atoms with Gasteiger partial charge in [-0.2, -0.15) is 0 Å². The van der Waals surface area contributed by atoms with Crippen molar-refractivity contribution in [2.75, 3.05) is 0 Å². The van der Waals surface area contributed by atoms with Crippen LogP contribution in [0.15, 0.2) is 12.2 Å². The molecule has 0 aromatic carbocycles. The topological polar surface area (TPSA) is 17.1 Å². The molecule has 0 heterocycles. The number of allylic oxidation sites excluding steroid dienone is 1. The Bertz CT molecular complexity index is 68.5. The van der Waals surface area contributed by atoms with E-state index in [1.807, 2.05) is 0 Å². The van der Waals surface area contributed by atoms with Crippen LogP contribution in [0.25, 0.3) is 0 Å². The second-order valence-corrected chi connectivity index (χ2v) is 0.979. The molecule has 0 saturated heterocycles. The van der Waals surface area contributed by atoms with Gasteiger partial charge in [0.05, 0.1) is 0 Å². The number of hydrogen-bond acceptors (Lipinski definition) is 1. The number of rotatable bonds is 2. The fourth-order valence-electron chi connectivity index (χ4n) is 0.0927. The van der Waals surface area contributed by atoms with Gasteiger partial charge in [-0.1, -0.05) is 5.57 Å². The van der Waals surface area contributed by atoms with Gasteiger partial charge < -0.3 is 4.79 Å². The van der Waals surface area contributed by atoms with E-state index in [-0.39, 0.29) is 6.42 Å². The van der Waals surface area contributed by atoms with Crippen LogP contribution in [0.2, 0.25) is 0 Å². The van der Waals surface area contributed by atoms with Crippen LogP contribution in [-0.4, -0.2) is 6.29 Å². The van der Waals surface area contributed by atoms with Crippen molar-refractivity contribution in [3.8, 4) is 0 Å². The third-order valence-electron chi connectivity index (χ3n) is 0.299. The Labute approximate surface area is 37.7 Å². The molecule has 0 rings (SSSR count). The van der Waals surface area contributed by atoms with Crippen molar-refractivity contribution in [3.63, 3.8) is 0 Å². The summed E-state index contributed by atoms with van der Waals surface area (Å²) in [5.41, 5.74) is 0.366. The summed E-state index contributed by atoms with van der Waals surface area (Å²) in [5.74, 6) is 0. The zero-order valence-electron chi connectivity index (χ0n) is 4.11. The van der Waals surface area contributed by atoms with E-state index in [4.69, 9.17) is 6.92 Å². The number of carbonyl (C=O) groups excluding carboxylic acids is 1. The van der Waals surface area contributed by atoms with E-state index in [9.17, 15) is 4.79 Å². The molecule has 0 unspecified atom stereocenters. The van der Waals surface area contributed by atoms with Crippen molar-refractivity contribution in [2.45, 2.75) is 6.42 Å². The van der Waals surface area contributed by atoms with Gasteiger partial charge in [-0.15, -0.1) is 13.0 Å². The molecule has 1 nitrogen and oxygen atoms in total. The molecule has 0 aromatic rings. The Morgan fingerprint density at radius 1 is 1.86 bits per heavy atom. The Hall–Kier alpha value is -1.59. The molecular formula is C5H5ORf-. The maximum Gasteiger partial charge on any atom is 0 e. The van der Waals surface area contributed by atoms with Crippen LogP contribution in [-0.2, 0) is 4.79 Å². The monoisotopic (exact) mass is 348 g/mol. The molecule has 34 valence electrons. The van der Waals surface area contributed by atoms with Gasteiger partial charge in [-0.25, -0.2) is 0 Å². The summed E-state index contributed by atoms with van der Waals surface area (Å²) < 4.78 is 0. The maximum atomic E-state index is 9.35. The van der Waals surface area contributed by atoms with Crippen molar-refractivity contribution in [2.24, 2.45) is 0 Å². The molecular weight excluding hydrogens is 343 g/mol. The summed E-state index contributed by atoms with van der Waals surface area (Å²) in [6.45, 7) is 8.21. The summed E-state index contributed by atoms with van der Waals surface area (Å²) in [4.78, 5) is 9.35. The van der Waals surface area contributed by atoms with Gasteiger partial charge in [0.1, 0.15) is 0 Å². The first-order chi connectivity index (χ1) is 2.77. The largest absolute Gasteiger partial charge is 0.541 e. The molecule has 0 atom stereocenters. The van der Waals surface area contributed by atoms with E-state index in [1.165, 1.54) is 0 Å². The maximum absolute atomic E-state index is 9.35. The van der Waals surface area contributed by atoms with Gasteiger partial charge in [0.25, 0.3) is 0 Å². The van der Waals surface area contributed by atoms with Crippen LogP contribution in [0, 0.1) is 6.92 Å². The molecule has 0 aliphatic rings. The minimum absolute atomic E-state index is 0. The smallest absolute Gasteiger partial charge is 0 e. The fourth-order valence-corrected chi connectivity index (χ4v) is 0.0927. The average molecular weight is 348 g/mol.